The molecule has 5 heteroatoms. The molecule has 0 aliphatic rings. The zero-order valence-corrected chi connectivity index (χ0v) is 14.6. The van der Waals surface area contributed by atoms with Crippen molar-refractivity contribution >= 4 is 28.3 Å². The van der Waals surface area contributed by atoms with E-state index in [9.17, 15) is 9.59 Å². The van der Waals surface area contributed by atoms with E-state index in [0.29, 0.717) is 16.9 Å². The van der Waals surface area contributed by atoms with Gasteiger partial charge in [-0.25, -0.2) is 0 Å². The van der Waals surface area contributed by atoms with E-state index in [1.165, 1.54) is 0 Å². The van der Waals surface area contributed by atoms with E-state index < -0.39 is 11.7 Å². The summed E-state index contributed by atoms with van der Waals surface area (Å²) in [7, 11) is 4.00. The molecule has 128 valence electrons. The smallest absolute Gasteiger partial charge is 0.296 e. The van der Waals surface area contributed by atoms with Crippen LogP contribution in [0.1, 0.15) is 21.6 Å². The maximum atomic E-state index is 12.6. The monoisotopic (exact) mass is 335 g/mol. The number of fused-ring (bicyclic) bond motifs is 1. The molecule has 0 saturated carbocycles. The molecule has 1 heterocycles. The highest BCUT2D eigenvalue weighted by atomic mass is 16.2. The van der Waals surface area contributed by atoms with E-state index in [0.717, 1.165) is 23.0 Å². The molecule has 0 aliphatic heterocycles. The normalized spacial score (nSPS) is 11.0. The lowest BCUT2D eigenvalue weighted by molar-refractivity contribution is -0.112. The second-order valence-corrected chi connectivity index (χ2v) is 6.39. The Hall–Kier alpha value is -2.92. The minimum Gasteiger partial charge on any atom is -0.358 e. The van der Waals surface area contributed by atoms with E-state index in [4.69, 9.17) is 0 Å². The van der Waals surface area contributed by atoms with Crippen LogP contribution < -0.4 is 5.32 Å². The van der Waals surface area contributed by atoms with Crippen LogP contribution in [0.15, 0.2) is 48.5 Å². The van der Waals surface area contributed by atoms with Gasteiger partial charge >= 0.3 is 0 Å². The molecule has 5 nitrogen and oxygen atoms in total. The van der Waals surface area contributed by atoms with Gasteiger partial charge in [0.25, 0.3) is 11.7 Å². The molecule has 0 saturated heterocycles. The summed E-state index contributed by atoms with van der Waals surface area (Å²) in [4.78, 5) is 30.2. The number of ketones is 1. The second kappa shape index (κ2) is 6.91. The van der Waals surface area contributed by atoms with Crippen molar-refractivity contribution in [3.63, 3.8) is 0 Å². The fourth-order valence-electron chi connectivity index (χ4n) is 2.93. The number of carbonyl (C=O) groups is 2. The molecule has 0 unspecified atom stereocenters. The summed E-state index contributed by atoms with van der Waals surface area (Å²) in [6, 6.07) is 15.0. The highest BCUT2D eigenvalue weighted by molar-refractivity contribution is 6.48. The summed E-state index contributed by atoms with van der Waals surface area (Å²) < 4.78 is 0. The number of amides is 1. The van der Waals surface area contributed by atoms with Crippen molar-refractivity contribution in [2.45, 2.75) is 13.5 Å². The van der Waals surface area contributed by atoms with E-state index in [1.54, 1.807) is 6.92 Å². The van der Waals surface area contributed by atoms with Gasteiger partial charge in [0.05, 0.1) is 5.56 Å². The minimum atomic E-state index is -0.631. The SMILES string of the molecule is Cc1[nH]c2ccccc2c1C(=O)C(=O)Nc1ccc(CN(C)C)cc1. The molecule has 3 aromatic rings. The summed E-state index contributed by atoms with van der Waals surface area (Å²) in [5.74, 6) is -1.17. The number of anilines is 1. The molecule has 0 atom stereocenters. The van der Waals surface area contributed by atoms with Crippen LogP contribution in [0.4, 0.5) is 5.69 Å². The lowest BCUT2D eigenvalue weighted by atomic mass is 10.1. The number of benzene rings is 2. The number of nitrogens with zero attached hydrogens (tertiary/aromatic N) is 1. The van der Waals surface area contributed by atoms with Crippen LogP contribution in [0.25, 0.3) is 10.9 Å². The zero-order chi connectivity index (χ0) is 18.0. The highest BCUT2D eigenvalue weighted by Gasteiger charge is 2.22. The lowest BCUT2D eigenvalue weighted by Crippen LogP contribution is -2.23. The standard InChI is InChI=1S/C20H21N3O2/c1-13-18(16-6-4-5-7-17(16)21-13)19(24)20(25)22-15-10-8-14(9-11-15)12-23(2)3/h4-11,21H,12H2,1-3H3,(H,22,25). The number of aromatic amines is 1. The van der Waals surface area contributed by atoms with Crippen molar-refractivity contribution in [1.29, 1.82) is 0 Å². The van der Waals surface area contributed by atoms with Crippen LogP contribution >= 0.6 is 0 Å². The van der Waals surface area contributed by atoms with Gasteiger partial charge in [0.2, 0.25) is 0 Å². The van der Waals surface area contributed by atoms with Gasteiger partial charge in [0.1, 0.15) is 0 Å². The van der Waals surface area contributed by atoms with E-state index >= 15 is 0 Å². The van der Waals surface area contributed by atoms with E-state index in [1.807, 2.05) is 62.6 Å². The van der Waals surface area contributed by atoms with Crippen molar-refractivity contribution in [1.82, 2.24) is 9.88 Å². The fourth-order valence-corrected chi connectivity index (χ4v) is 2.93. The summed E-state index contributed by atoms with van der Waals surface area (Å²) in [5.41, 5.74) is 3.73. The average Bonchev–Trinajstić information content (AvgIpc) is 2.91. The third-order valence-electron chi connectivity index (χ3n) is 4.04. The van der Waals surface area contributed by atoms with Crippen LogP contribution in [0, 0.1) is 6.92 Å². The van der Waals surface area contributed by atoms with Crippen LogP contribution in [-0.4, -0.2) is 35.7 Å². The van der Waals surface area contributed by atoms with Gasteiger partial charge in [-0.2, -0.15) is 0 Å². The highest BCUT2D eigenvalue weighted by Crippen LogP contribution is 2.23. The number of rotatable bonds is 5. The van der Waals surface area contributed by atoms with Crippen molar-refractivity contribution in [3.05, 3.63) is 65.4 Å². The first-order valence-corrected chi connectivity index (χ1v) is 8.12. The molecule has 0 bridgehead atoms. The molecule has 3 rings (SSSR count). The lowest BCUT2D eigenvalue weighted by Gasteiger charge is -2.10. The van der Waals surface area contributed by atoms with Crippen LogP contribution in [0.2, 0.25) is 0 Å². The molecule has 0 aliphatic carbocycles. The van der Waals surface area contributed by atoms with Crippen molar-refractivity contribution in [3.8, 4) is 0 Å². The van der Waals surface area contributed by atoms with E-state index in [-0.39, 0.29) is 0 Å². The third kappa shape index (κ3) is 3.61. The number of carbonyl (C=O) groups excluding carboxylic acids is 2. The molecule has 0 radical (unpaired) electrons. The van der Waals surface area contributed by atoms with Crippen molar-refractivity contribution in [2.75, 3.05) is 19.4 Å². The number of H-pyrrole nitrogens is 1. The Morgan fingerprint density at radius 1 is 1.04 bits per heavy atom. The first kappa shape index (κ1) is 16.9. The van der Waals surface area contributed by atoms with Crippen LogP contribution in [0.3, 0.4) is 0 Å². The summed E-state index contributed by atoms with van der Waals surface area (Å²) in [5, 5.41) is 3.45. The minimum absolute atomic E-state index is 0.428. The number of Topliss-reactive ketones (excluding diaryl/α,β-unsaturated/α-hetero) is 1. The number of hydrogen-bond acceptors (Lipinski definition) is 3. The first-order chi connectivity index (χ1) is 12.0. The van der Waals surface area contributed by atoms with Crippen molar-refractivity contribution in [2.24, 2.45) is 0 Å². The number of aryl methyl sites for hydroxylation is 1. The Morgan fingerprint density at radius 3 is 2.40 bits per heavy atom. The predicted molar refractivity (Wildman–Crippen MR) is 99.8 cm³/mol. The molecule has 0 fully saturated rings. The molecular weight excluding hydrogens is 314 g/mol. The Kier molecular flexibility index (Phi) is 4.67. The fraction of sp³-hybridized carbons (Fsp3) is 0.200. The predicted octanol–water partition coefficient (Wildman–Crippen LogP) is 3.36. The Labute approximate surface area is 146 Å². The Balaban J connectivity index is 1.78. The third-order valence-corrected chi connectivity index (χ3v) is 4.04. The zero-order valence-electron chi connectivity index (χ0n) is 14.6. The van der Waals surface area contributed by atoms with E-state index in [2.05, 4.69) is 15.2 Å². The molecule has 2 N–H and O–H groups in total. The van der Waals surface area contributed by atoms with Gasteiger partial charge in [-0.05, 0) is 44.8 Å². The molecule has 2 aromatic carbocycles. The molecule has 0 spiro atoms. The molecule has 1 amide bonds. The quantitative estimate of drug-likeness (QED) is 0.555. The van der Waals surface area contributed by atoms with Gasteiger partial charge in [-0.1, -0.05) is 30.3 Å². The van der Waals surface area contributed by atoms with Gasteiger partial charge in [-0.15, -0.1) is 0 Å². The molecule has 25 heavy (non-hydrogen) atoms. The topological polar surface area (TPSA) is 65.2 Å². The van der Waals surface area contributed by atoms with Gasteiger partial charge < -0.3 is 15.2 Å². The molecule has 1 aromatic heterocycles. The Bertz CT molecular complexity index is 924. The number of aromatic nitrogens is 1. The maximum absolute atomic E-state index is 12.6. The maximum Gasteiger partial charge on any atom is 0.296 e. The van der Waals surface area contributed by atoms with Gasteiger partial charge in [0.15, 0.2) is 0 Å². The Morgan fingerprint density at radius 2 is 1.72 bits per heavy atom. The number of hydrogen-bond donors (Lipinski definition) is 2. The average molecular weight is 335 g/mol. The summed E-state index contributed by atoms with van der Waals surface area (Å²) in [6.07, 6.45) is 0. The van der Waals surface area contributed by atoms with Gasteiger partial charge in [-0.3, -0.25) is 9.59 Å². The summed E-state index contributed by atoms with van der Waals surface area (Å²) >= 11 is 0. The largest absolute Gasteiger partial charge is 0.358 e. The van der Waals surface area contributed by atoms with Crippen molar-refractivity contribution < 1.29 is 9.59 Å². The first-order valence-electron chi connectivity index (χ1n) is 8.12. The summed E-state index contributed by atoms with van der Waals surface area (Å²) in [6.45, 7) is 2.62. The van der Waals surface area contributed by atoms with Crippen LogP contribution in [0.5, 0.6) is 0 Å². The second-order valence-electron chi connectivity index (χ2n) is 6.39. The number of nitrogens with one attached hydrogen (secondary N) is 2. The van der Waals surface area contributed by atoms with Gasteiger partial charge in [0, 0.05) is 28.8 Å². The number of para-hydroxylation sites is 1. The molecular formula is C20H21N3O2. The van der Waals surface area contributed by atoms with Crippen LogP contribution in [-0.2, 0) is 11.3 Å².